The van der Waals surface area contributed by atoms with E-state index in [1.807, 2.05) is 6.92 Å². The molecule has 1 aliphatic carbocycles. The van der Waals surface area contributed by atoms with Crippen molar-refractivity contribution in [2.24, 2.45) is 0 Å². The minimum absolute atomic E-state index is 0.0231. The van der Waals surface area contributed by atoms with Gasteiger partial charge in [-0.05, 0) is 59.5 Å². The molecule has 198 valence electrons. The van der Waals surface area contributed by atoms with Crippen molar-refractivity contribution in [3.63, 3.8) is 0 Å². The predicted octanol–water partition coefficient (Wildman–Crippen LogP) is 4.08. The molecular formula is C21H34F3NO8S. The van der Waals surface area contributed by atoms with E-state index >= 15 is 0 Å². The topological polar surface area (TPSA) is 101 Å². The number of ether oxygens (including phenoxy) is 4. The minimum Gasteiger partial charge on any atom is -0.444 e. The third-order valence-corrected chi connectivity index (χ3v) is 6.24. The van der Waals surface area contributed by atoms with E-state index in [9.17, 15) is 26.4 Å². The van der Waals surface area contributed by atoms with Crippen molar-refractivity contribution in [3.8, 4) is 0 Å². The Morgan fingerprint density at radius 1 is 1.18 bits per heavy atom. The highest BCUT2D eigenvalue weighted by Crippen LogP contribution is 2.31. The lowest BCUT2D eigenvalue weighted by Crippen LogP contribution is -2.55. The molecule has 0 aromatic rings. The zero-order valence-corrected chi connectivity index (χ0v) is 20.7. The fourth-order valence-corrected chi connectivity index (χ4v) is 4.14. The molecule has 0 N–H and O–H groups in total. The fourth-order valence-electron chi connectivity index (χ4n) is 3.62. The Hall–Kier alpha value is -1.57. The van der Waals surface area contributed by atoms with Gasteiger partial charge in [0, 0.05) is 19.6 Å². The van der Waals surface area contributed by atoms with E-state index in [1.54, 1.807) is 25.7 Å². The molecule has 0 spiro atoms. The van der Waals surface area contributed by atoms with Crippen LogP contribution in [0.25, 0.3) is 0 Å². The van der Waals surface area contributed by atoms with Crippen molar-refractivity contribution in [1.82, 2.24) is 4.90 Å². The zero-order chi connectivity index (χ0) is 25.6. The molecule has 2 aliphatic rings. The Kier molecular flexibility index (Phi) is 10.0. The highest BCUT2D eigenvalue weighted by Gasteiger charge is 2.49. The molecule has 3 unspecified atom stereocenters. The first-order valence-electron chi connectivity index (χ1n) is 11.2. The molecule has 1 aliphatic heterocycles. The summed E-state index contributed by atoms with van der Waals surface area (Å²) in [7, 11) is -5.69. The van der Waals surface area contributed by atoms with Gasteiger partial charge in [-0.3, -0.25) is 0 Å². The largest absolute Gasteiger partial charge is 0.534 e. The standard InChI is InChI=1S/C21H34F3NO8S/c1-5-29-14-31-18-7-6-12-25(19(26)32-20(2,3)4)17(18)13-30-15-8-10-16(11-9-15)33-34(27,28)21(22,23)24/h10,15,17-18H,5-9,11-14H2,1-4H3. The first-order valence-corrected chi connectivity index (χ1v) is 12.6. The number of likely N-dealkylation sites (tertiary alicyclic amines) is 1. The highest BCUT2D eigenvalue weighted by atomic mass is 32.2. The molecule has 13 heteroatoms. The van der Waals surface area contributed by atoms with Gasteiger partial charge in [-0.1, -0.05) is 0 Å². The maximum Gasteiger partial charge on any atom is 0.534 e. The molecule has 0 aromatic carbocycles. The number of amides is 1. The van der Waals surface area contributed by atoms with Crippen molar-refractivity contribution in [2.75, 3.05) is 26.6 Å². The van der Waals surface area contributed by atoms with Crippen LogP contribution in [-0.4, -0.2) is 75.3 Å². The van der Waals surface area contributed by atoms with Crippen LogP contribution >= 0.6 is 0 Å². The lowest BCUT2D eigenvalue weighted by atomic mass is 9.99. The molecule has 1 amide bonds. The van der Waals surface area contributed by atoms with Crippen LogP contribution in [0, 0.1) is 0 Å². The summed E-state index contributed by atoms with van der Waals surface area (Å²) < 4.78 is 86.7. The van der Waals surface area contributed by atoms with Gasteiger partial charge in [-0.15, -0.1) is 0 Å². The summed E-state index contributed by atoms with van der Waals surface area (Å²) >= 11 is 0. The Balaban J connectivity index is 2.02. The minimum atomic E-state index is -5.69. The van der Waals surface area contributed by atoms with Crippen LogP contribution in [0.15, 0.2) is 11.8 Å². The van der Waals surface area contributed by atoms with Gasteiger partial charge < -0.3 is 28.0 Å². The van der Waals surface area contributed by atoms with Crippen LogP contribution < -0.4 is 0 Å². The number of alkyl halides is 3. The Morgan fingerprint density at radius 3 is 2.44 bits per heavy atom. The molecule has 3 atom stereocenters. The van der Waals surface area contributed by atoms with Crippen LogP contribution in [0.5, 0.6) is 0 Å². The summed E-state index contributed by atoms with van der Waals surface area (Å²) in [5, 5.41) is 0. The molecule has 0 saturated carbocycles. The maximum absolute atomic E-state index is 12.8. The van der Waals surface area contributed by atoms with E-state index in [2.05, 4.69) is 4.18 Å². The van der Waals surface area contributed by atoms with Crippen molar-refractivity contribution >= 4 is 16.2 Å². The van der Waals surface area contributed by atoms with Gasteiger partial charge in [-0.25, -0.2) is 4.79 Å². The van der Waals surface area contributed by atoms with Gasteiger partial charge in [-0.2, -0.15) is 21.6 Å². The van der Waals surface area contributed by atoms with Crippen molar-refractivity contribution in [1.29, 1.82) is 0 Å². The number of carbonyl (C=O) groups is 1. The van der Waals surface area contributed by atoms with Crippen molar-refractivity contribution in [2.45, 2.75) is 89.2 Å². The highest BCUT2D eigenvalue weighted by molar-refractivity contribution is 7.87. The number of piperidine rings is 1. The predicted molar refractivity (Wildman–Crippen MR) is 115 cm³/mol. The van der Waals surface area contributed by atoms with Crippen LogP contribution in [0.4, 0.5) is 18.0 Å². The Morgan fingerprint density at radius 2 is 1.88 bits per heavy atom. The number of halogens is 3. The van der Waals surface area contributed by atoms with Gasteiger partial charge >= 0.3 is 21.7 Å². The first-order chi connectivity index (χ1) is 15.7. The SMILES string of the molecule is CCOCOC1CCCN(C(=O)OC(C)(C)C)C1COC1CC=C(OS(=O)(=O)C(F)(F)F)CC1. The van der Waals surface area contributed by atoms with E-state index in [4.69, 9.17) is 18.9 Å². The molecular weight excluding hydrogens is 483 g/mol. The second-order valence-corrected chi connectivity index (χ2v) is 10.6. The van der Waals surface area contributed by atoms with Crippen LogP contribution in [0.2, 0.25) is 0 Å². The van der Waals surface area contributed by atoms with Crippen LogP contribution in [0.3, 0.4) is 0 Å². The second kappa shape index (κ2) is 11.9. The van der Waals surface area contributed by atoms with E-state index in [0.29, 0.717) is 26.0 Å². The van der Waals surface area contributed by atoms with E-state index in [1.165, 1.54) is 6.08 Å². The maximum atomic E-state index is 12.8. The molecule has 34 heavy (non-hydrogen) atoms. The van der Waals surface area contributed by atoms with Gasteiger partial charge in [0.05, 0.1) is 24.9 Å². The van der Waals surface area contributed by atoms with E-state index < -0.39 is 33.4 Å². The smallest absolute Gasteiger partial charge is 0.444 e. The third-order valence-electron chi connectivity index (χ3n) is 5.24. The monoisotopic (exact) mass is 517 g/mol. The van der Waals surface area contributed by atoms with Crippen LogP contribution in [-0.2, 0) is 33.2 Å². The van der Waals surface area contributed by atoms with Gasteiger partial charge in [0.25, 0.3) is 0 Å². The Bertz CT molecular complexity index is 810. The molecule has 0 radical (unpaired) electrons. The van der Waals surface area contributed by atoms with E-state index in [-0.39, 0.29) is 50.6 Å². The summed E-state index contributed by atoms with van der Waals surface area (Å²) in [6.07, 6.45) is 1.90. The average Bonchev–Trinajstić information content (AvgIpc) is 2.71. The number of rotatable bonds is 9. The summed E-state index contributed by atoms with van der Waals surface area (Å²) in [5.74, 6) is -0.261. The summed E-state index contributed by atoms with van der Waals surface area (Å²) in [6.45, 7) is 8.30. The molecule has 1 fully saturated rings. The average molecular weight is 518 g/mol. The molecule has 1 saturated heterocycles. The number of hydrogen-bond donors (Lipinski definition) is 0. The zero-order valence-electron chi connectivity index (χ0n) is 19.9. The van der Waals surface area contributed by atoms with Crippen molar-refractivity contribution < 1.29 is 49.5 Å². The Labute approximate surface area is 198 Å². The molecule has 1 heterocycles. The molecule has 9 nitrogen and oxygen atoms in total. The fraction of sp³-hybridized carbons (Fsp3) is 0.857. The number of hydrogen-bond acceptors (Lipinski definition) is 8. The lowest BCUT2D eigenvalue weighted by molar-refractivity contribution is -0.137. The lowest BCUT2D eigenvalue weighted by Gasteiger charge is -2.41. The second-order valence-electron chi connectivity index (χ2n) is 9.08. The van der Waals surface area contributed by atoms with Crippen molar-refractivity contribution in [3.05, 3.63) is 11.8 Å². The number of nitrogens with zero attached hydrogens (tertiary/aromatic N) is 1. The van der Waals surface area contributed by atoms with Gasteiger partial charge in [0.15, 0.2) is 0 Å². The number of carbonyl (C=O) groups excluding carboxylic acids is 1. The molecule has 2 rings (SSSR count). The first kappa shape index (κ1) is 28.7. The molecule has 0 bridgehead atoms. The quantitative estimate of drug-likeness (QED) is 0.195. The summed E-state index contributed by atoms with van der Waals surface area (Å²) in [6, 6.07) is -0.448. The third kappa shape index (κ3) is 8.58. The normalized spacial score (nSPS) is 24.5. The summed E-state index contributed by atoms with van der Waals surface area (Å²) in [4.78, 5) is 14.4. The number of allylic oxidation sites excluding steroid dienone is 1. The van der Waals surface area contributed by atoms with Gasteiger partial charge in [0.1, 0.15) is 18.2 Å². The van der Waals surface area contributed by atoms with Crippen LogP contribution in [0.1, 0.15) is 59.8 Å². The van der Waals surface area contributed by atoms with E-state index in [0.717, 1.165) is 0 Å². The van der Waals surface area contributed by atoms with Gasteiger partial charge in [0.2, 0.25) is 0 Å². The summed E-state index contributed by atoms with van der Waals surface area (Å²) in [5.41, 5.74) is -6.16. The molecule has 0 aromatic heterocycles.